The van der Waals surface area contributed by atoms with Crippen LogP contribution in [0.25, 0.3) is 0 Å². The van der Waals surface area contributed by atoms with Crippen LogP contribution in [0.2, 0.25) is 5.02 Å². The molecule has 3 rings (SSSR count). The molecule has 0 amide bonds. The molecule has 1 fully saturated rings. The maximum atomic E-state index is 6.48. The Kier molecular flexibility index (Phi) is 9.99. The average Bonchev–Trinajstić information content (AvgIpc) is 3.17. The van der Waals surface area contributed by atoms with E-state index in [1.807, 2.05) is 24.3 Å². The third kappa shape index (κ3) is 5.10. The molecule has 1 aliphatic heterocycles. The van der Waals surface area contributed by atoms with Gasteiger partial charge in [-0.3, -0.25) is 0 Å². The molecule has 0 bridgehead atoms. The number of rotatable bonds is 5. The van der Waals surface area contributed by atoms with Crippen molar-refractivity contribution < 1.29 is 51.4 Å². The van der Waals surface area contributed by atoms with Gasteiger partial charge in [0.25, 0.3) is 0 Å². The fourth-order valence-electron chi connectivity index (χ4n) is 2.90. The van der Waals surface area contributed by atoms with E-state index in [0.717, 1.165) is 18.4 Å². The van der Waals surface area contributed by atoms with Crippen molar-refractivity contribution >= 4 is 11.6 Å². The van der Waals surface area contributed by atoms with Crippen molar-refractivity contribution in [2.24, 2.45) is 0 Å². The molecule has 1 aromatic carbocycles. The number of nitrogens with zero attached hydrogens (tertiary/aromatic N) is 3. The van der Waals surface area contributed by atoms with Gasteiger partial charge in [-0.05, 0) is 30.5 Å². The average molecular weight is 456 g/mol. The molecule has 2 aromatic rings. The van der Waals surface area contributed by atoms with Crippen LogP contribution in [0.3, 0.4) is 0 Å². The monoisotopic (exact) mass is 454 g/mol. The molecule has 1 aromatic heterocycles. The SMILES string of the molecule is CCC1(CC)OCC(Cn2cncn2)(c2ccc(Cl)cc2)O1.[Cl-].[Cl-].[Cu+2]. The number of hydrogen-bond acceptors (Lipinski definition) is 4. The normalized spacial score (nSPS) is 20.9. The summed E-state index contributed by atoms with van der Waals surface area (Å²) in [5.74, 6) is -0.541. The molecule has 1 aliphatic rings. The third-order valence-corrected chi connectivity index (χ3v) is 4.53. The van der Waals surface area contributed by atoms with Crippen LogP contribution in [0.1, 0.15) is 32.3 Å². The summed E-state index contributed by atoms with van der Waals surface area (Å²) < 4.78 is 14.3. The van der Waals surface area contributed by atoms with Crippen molar-refractivity contribution in [3.05, 3.63) is 47.5 Å². The van der Waals surface area contributed by atoms with Gasteiger partial charge < -0.3 is 34.3 Å². The van der Waals surface area contributed by atoms with Crippen molar-refractivity contribution in [1.82, 2.24) is 14.8 Å². The molecule has 1 atom stereocenters. The van der Waals surface area contributed by atoms with Crippen LogP contribution in [0.5, 0.6) is 0 Å². The van der Waals surface area contributed by atoms with Crippen LogP contribution in [0, 0.1) is 0 Å². The van der Waals surface area contributed by atoms with Crippen LogP contribution in [-0.2, 0) is 38.7 Å². The van der Waals surface area contributed by atoms with Crippen molar-refractivity contribution in [3.8, 4) is 0 Å². The van der Waals surface area contributed by atoms with E-state index in [4.69, 9.17) is 21.1 Å². The van der Waals surface area contributed by atoms with Gasteiger partial charge in [-0.2, -0.15) is 5.10 Å². The number of aromatic nitrogens is 3. The van der Waals surface area contributed by atoms with Crippen molar-refractivity contribution in [3.63, 3.8) is 0 Å². The first-order valence-electron chi connectivity index (χ1n) is 7.54. The maximum absolute atomic E-state index is 6.48. The standard InChI is InChI=1S/C16H20ClN3O2.2ClH.Cu/c1-3-16(4-2)21-10-15(22-16,9-20-12-18-11-19-20)13-5-7-14(17)8-6-13;;;/h5-8,11-12H,3-4,9-10H2,1-2H3;2*1H;/q;;;+2/p-2. The van der Waals surface area contributed by atoms with Crippen molar-refractivity contribution in [1.29, 1.82) is 0 Å². The smallest absolute Gasteiger partial charge is 1.00 e. The van der Waals surface area contributed by atoms with Gasteiger partial charge in [0, 0.05) is 5.02 Å². The van der Waals surface area contributed by atoms with Crippen molar-refractivity contribution in [2.75, 3.05) is 6.61 Å². The van der Waals surface area contributed by atoms with Gasteiger partial charge in [-0.1, -0.05) is 37.6 Å². The van der Waals surface area contributed by atoms with Gasteiger partial charge in [0.2, 0.25) is 0 Å². The van der Waals surface area contributed by atoms with Crippen LogP contribution >= 0.6 is 11.6 Å². The predicted molar refractivity (Wildman–Crippen MR) is 83.5 cm³/mol. The minimum Gasteiger partial charge on any atom is -1.00 e. The number of benzene rings is 1. The maximum Gasteiger partial charge on any atom is 2.00 e. The Hall–Kier alpha value is -0.331. The molecule has 143 valence electrons. The molecular weight excluding hydrogens is 436 g/mol. The van der Waals surface area contributed by atoms with Crippen LogP contribution in [0.15, 0.2) is 36.9 Å². The molecule has 0 N–H and O–H groups in total. The quantitative estimate of drug-likeness (QED) is 0.464. The van der Waals surface area contributed by atoms with E-state index < -0.39 is 11.4 Å². The zero-order valence-electron chi connectivity index (χ0n) is 13.9. The minimum atomic E-state index is -0.579. The Bertz CT molecular complexity index is 624. The number of hydrogen-bond donors (Lipinski definition) is 0. The second-order valence-corrected chi connectivity index (χ2v) is 6.04. The van der Waals surface area contributed by atoms with E-state index in [1.54, 1.807) is 11.0 Å². The summed E-state index contributed by atoms with van der Waals surface area (Å²) >= 11 is 6.02. The van der Waals surface area contributed by atoms with E-state index in [9.17, 15) is 0 Å². The first kappa shape index (κ1) is 24.7. The van der Waals surface area contributed by atoms with E-state index in [2.05, 4.69) is 23.9 Å². The fourth-order valence-corrected chi connectivity index (χ4v) is 3.03. The van der Waals surface area contributed by atoms with Gasteiger partial charge in [0.05, 0.1) is 13.2 Å². The second-order valence-electron chi connectivity index (χ2n) is 5.60. The predicted octanol–water partition coefficient (Wildman–Crippen LogP) is -2.60. The van der Waals surface area contributed by atoms with Crippen LogP contribution in [-0.4, -0.2) is 27.2 Å². The Morgan fingerprint density at radius 2 is 1.80 bits per heavy atom. The topological polar surface area (TPSA) is 49.2 Å². The summed E-state index contributed by atoms with van der Waals surface area (Å²) in [5.41, 5.74) is 0.459. The molecule has 5 nitrogen and oxygen atoms in total. The summed E-state index contributed by atoms with van der Waals surface area (Å²) in [6, 6.07) is 7.73. The summed E-state index contributed by atoms with van der Waals surface area (Å²) in [6.45, 7) is 5.19. The Morgan fingerprint density at radius 1 is 1.16 bits per heavy atom. The summed E-state index contributed by atoms with van der Waals surface area (Å²) in [7, 11) is 0. The zero-order valence-corrected chi connectivity index (χ0v) is 17.1. The van der Waals surface area contributed by atoms with E-state index in [0.29, 0.717) is 18.2 Å². The molecule has 25 heavy (non-hydrogen) atoms. The summed E-state index contributed by atoms with van der Waals surface area (Å²) in [4.78, 5) is 4.01. The Morgan fingerprint density at radius 3 is 2.28 bits per heavy atom. The fraction of sp³-hybridized carbons (Fsp3) is 0.500. The summed E-state index contributed by atoms with van der Waals surface area (Å²) in [6.07, 6.45) is 4.82. The van der Waals surface area contributed by atoms with E-state index in [1.165, 1.54) is 6.33 Å². The van der Waals surface area contributed by atoms with Gasteiger partial charge >= 0.3 is 17.1 Å². The van der Waals surface area contributed by atoms with Crippen LogP contribution < -0.4 is 24.8 Å². The van der Waals surface area contributed by atoms with Gasteiger partial charge in [0.15, 0.2) is 5.79 Å². The first-order valence-corrected chi connectivity index (χ1v) is 7.92. The van der Waals surface area contributed by atoms with Crippen molar-refractivity contribution in [2.45, 2.75) is 44.6 Å². The molecule has 1 radical (unpaired) electrons. The molecule has 1 unspecified atom stereocenters. The summed E-state index contributed by atoms with van der Waals surface area (Å²) in [5, 5.41) is 4.92. The minimum absolute atomic E-state index is 0. The number of ether oxygens (including phenoxy) is 2. The van der Waals surface area contributed by atoms with Gasteiger partial charge in [-0.25, -0.2) is 9.67 Å². The third-order valence-electron chi connectivity index (χ3n) is 4.28. The molecule has 2 heterocycles. The number of halogens is 3. The van der Waals surface area contributed by atoms with Gasteiger partial charge in [0.1, 0.15) is 18.3 Å². The Balaban J connectivity index is 0.00000192. The molecule has 1 saturated heterocycles. The molecule has 0 saturated carbocycles. The Labute approximate surface area is 176 Å². The van der Waals surface area contributed by atoms with Crippen LogP contribution in [0.4, 0.5) is 0 Å². The van der Waals surface area contributed by atoms with Gasteiger partial charge in [-0.15, -0.1) is 0 Å². The second kappa shape index (κ2) is 10.1. The first-order chi connectivity index (χ1) is 10.6. The van der Waals surface area contributed by atoms with E-state index in [-0.39, 0.29) is 41.9 Å². The molecule has 0 spiro atoms. The largest absolute Gasteiger partial charge is 2.00 e. The zero-order chi connectivity index (χ0) is 15.6. The molecule has 9 heteroatoms. The molecule has 0 aliphatic carbocycles. The van der Waals surface area contributed by atoms with E-state index >= 15 is 0 Å². The molecular formula is C16H20Cl3CuN3O2.